The molecule has 1 aromatic carbocycles. The van der Waals surface area contributed by atoms with Crippen LogP contribution in [0.3, 0.4) is 0 Å². The zero-order valence-electron chi connectivity index (χ0n) is 14.7. The lowest BCUT2D eigenvalue weighted by atomic mass is 10.0. The van der Waals surface area contributed by atoms with Crippen molar-refractivity contribution in [2.45, 2.75) is 26.3 Å². The lowest BCUT2D eigenvalue weighted by molar-refractivity contribution is -0.117. The van der Waals surface area contributed by atoms with Gasteiger partial charge in [-0.15, -0.1) is 0 Å². The number of likely N-dealkylation sites (tertiary alicyclic amines) is 1. The molecular weight excluding hydrogens is 302 g/mol. The van der Waals surface area contributed by atoms with Crippen LogP contribution in [0.15, 0.2) is 24.3 Å². The van der Waals surface area contributed by atoms with Crippen LogP contribution < -0.4 is 5.32 Å². The topological polar surface area (TPSA) is 44.8 Å². The van der Waals surface area contributed by atoms with Gasteiger partial charge in [-0.3, -0.25) is 14.6 Å². The molecule has 0 aliphatic carbocycles. The molecule has 132 valence electrons. The average molecular weight is 331 g/mol. The first-order valence-corrected chi connectivity index (χ1v) is 9.10. The summed E-state index contributed by atoms with van der Waals surface area (Å²) in [5, 5.41) is 3.02. The largest absolute Gasteiger partial charge is 0.379 e. The summed E-state index contributed by atoms with van der Waals surface area (Å²) >= 11 is 0. The summed E-state index contributed by atoms with van der Waals surface area (Å²) in [7, 11) is 0. The fraction of sp³-hybridized carbons (Fsp3) is 0.632. The first-order valence-electron chi connectivity index (χ1n) is 9.10. The molecule has 0 saturated carbocycles. The molecule has 1 unspecified atom stereocenters. The molecule has 2 aliphatic heterocycles. The molecule has 24 heavy (non-hydrogen) atoms. The summed E-state index contributed by atoms with van der Waals surface area (Å²) in [6.45, 7) is 9.41. The van der Waals surface area contributed by atoms with Gasteiger partial charge in [0.2, 0.25) is 5.91 Å². The van der Waals surface area contributed by atoms with Gasteiger partial charge in [0.15, 0.2) is 0 Å². The van der Waals surface area contributed by atoms with Crippen molar-refractivity contribution in [1.82, 2.24) is 9.80 Å². The van der Waals surface area contributed by atoms with Crippen molar-refractivity contribution in [2.75, 3.05) is 51.3 Å². The lowest BCUT2D eigenvalue weighted by Crippen LogP contribution is -2.39. The summed E-state index contributed by atoms with van der Waals surface area (Å²) in [4.78, 5) is 16.9. The van der Waals surface area contributed by atoms with E-state index in [9.17, 15) is 4.79 Å². The van der Waals surface area contributed by atoms with Gasteiger partial charge >= 0.3 is 0 Å². The van der Waals surface area contributed by atoms with Gasteiger partial charge in [-0.2, -0.15) is 0 Å². The molecule has 2 heterocycles. The Bertz CT molecular complexity index is 526. The van der Waals surface area contributed by atoms with Crippen LogP contribution >= 0.6 is 0 Å². The molecule has 5 heteroatoms. The number of morpholine rings is 1. The predicted molar refractivity (Wildman–Crippen MR) is 96.0 cm³/mol. The van der Waals surface area contributed by atoms with Crippen LogP contribution in [0, 0.1) is 5.92 Å². The maximum absolute atomic E-state index is 12.2. The third-order valence-corrected chi connectivity index (χ3v) is 4.86. The van der Waals surface area contributed by atoms with E-state index >= 15 is 0 Å². The summed E-state index contributed by atoms with van der Waals surface area (Å²) in [6.07, 6.45) is 2.48. The minimum atomic E-state index is 0.0880. The van der Waals surface area contributed by atoms with Gasteiger partial charge in [-0.05, 0) is 43.0 Å². The average Bonchev–Trinajstić information content (AvgIpc) is 2.57. The number of nitrogens with zero attached hydrogens (tertiary/aromatic N) is 2. The maximum atomic E-state index is 12.2. The fourth-order valence-electron chi connectivity index (χ4n) is 3.54. The number of ether oxygens (including phenoxy) is 1. The van der Waals surface area contributed by atoms with E-state index < -0.39 is 0 Å². The van der Waals surface area contributed by atoms with Gasteiger partial charge in [0.1, 0.15) is 0 Å². The first-order chi connectivity index (χ1) is 11.7. The van der Waals surface area contributed by atoms with E-state index in [2.05, 4.69) is 34.2 Å². The number of nitrogens with one attached hydrogen (secondary N) is 1. The van der Waals surface area contributed by atoms with E-state index in [0.29, 0.717) is 12.5 Å². The highest BCUT2D eigenvalue weighted by Crippen LogP contribution is 2.16. The zero-order valence-corrected chi connectivity index (χ0v) is 14.7. The van der Waals surface area contributed by atoms with Crippen molar-refractivity contribution < 1.29 is 9.53 Å². The molecule has 5 nitrogen and oxygen atoms in total. The van der Waals surface area contributed by atoms with Crippen molar-refractivity contribution >= 4 is 11.6 Å². The van der Waals surface area contributed by atoms with Gasteiger partial charge in [0, 0.05) is 31.9 Å². The van der Waals surface area contributed by atoms with E-state index in [4.69, 9.17) is 4.74 Å². The molecule has 1 N–H and O–H groups in total. The van der Waals surface area contributed by atoms with Crippen LogP contribution in [-0.2, 0) is 16.1 Å². The molecule has 3 rings (SSSR count). The van der Waals surface area contributed by atoms with E-state index in [1.54, 1.807) is 0 Å². The number of rotatable bonds is 5. The van der Waals surface area contributed by atoms with Gasteiger partial charge < -0.3 is 10.1 Å². The highest BCUT2D eigenvalue weighted by Gasteiger charge is 2.18. The molecule has 1 amide bonds. The number of hydrogen-bond donors (Lipinski definition) is 1. The number of carbonyl (C=O) groups is 1. The number of carbonyl (C=O) groups excluding carboxylic acids is 1. The van der Waals surface area contributed by atoms with Gasteiger partial charge in [0.05, 0.1) is 19.8 Å². The Labute approximate surface area is 145 Å². The molecule has 1 aromatic rings. The fourth-order valence-corrected chi connectivity index (χ4v) is 3.54. The van der Waals surface area contributed by atoms with Gasteiger partial charge in [-0.25, -0.2) is 0 Å². The molecule has 0 spiro atoms. The van der Waals surface area contributed by atoms with Gasteiger partial charge in [0.25, 0.3) is 0 Å². The smallest absolute Gasteiger partial charge is 0.238 e. The van der Waals surface area contributed by atoms with Crippen molar-refractivity contribution in [2.24, 2.45) is 5.92 Å². The minimum absolute atomic E-state index is 0.0880. The number of amides is 1. The molecule has 0 radical (unpaired) electrons. The van der Waals surface area contributed by atoms with E-state index in [-0.39, 0.29) is 5.91 Å². The zero-order chi connectivity index (χ0) is 16.8. The highest BCUT2D eigenvalue weighted by atomic mass is 16.5. The van der Waals surface area contributed by atoms with Crippen LogP contribution in [0.4, 0.5) is 5.69 Å². The van der Waals surface area contributed by atoms with E-state index in [0.717, 1.165) is 51.6 Å². The Morgan fingerprint density at radius 3 is 2.62 bits per heavy atom. The normalized spacial score (nSPS) is 23.1. The molecule has 2 saturated heterocycles. The van der Waals surface area contributed by atoms with Gasteiger partial charge in [-0.1, -0.05) is 19.1 Å². The molecular formula is C19H29N3O2. The molecule has 1 atom stereocenters. The van der Waals surface area contributed by atoms with Crippen molar-refractivity contribution in [1.29, 1.82) is 0 Å². The van der Waals surface area contributed by atoms with Crippen LogP contribution in [0.25, 0.3) is 0 Å². The van der Waals surface area contributed by atoms with Crippen LogP contribution in [0.5, 0.6) is 0 Å². The Hall–Kier alpha value is -1.43. The first kappa shape index (κ1) is 17.4. The van der Waals surface area contributed by atoms with E-state index in [1.807, 2.05) is 12.1 Å². The minimum Gasteiger partial charge on any atom is -0.379 e. The predicted octanol–water partition coefficient (Wildman–Crippen LogP) is 2.19. The Balaban J connectivity index is 1.45. The number of hydrogen-bond acceptors (Lipinski definition) is 4. The van der Waals surface area contributed by atoms with Crippen LogP contribution in [-0.4, -0.2) is 61.6 Å². The lowest BCUT2D eigenvalue weighted by Gasteiger charge is -2.30. The second kappa shape index (κ2) is 8.60. The third kappa shape index (κ3) is 5.30. The number of piperidine rings is 1. The number of benzene rings is 1. The summed E-state index contributed by atoms with van der Waals surface area (Å²) in [5.74, 6) is 0.788. The quantitative estimate of drug-likeness (QED) is 0.898. The molecule has 0 bridgehead atoms. The van der Waals surface area contributed by atoms with Crippen molar-refractivity contribution in [3.63, 3.8) is 0 Å². The van der Waals surface area contributed by atoms with Crippen LogP contribution in [0.1, 0.15) is 25.3 Å². The summed E-state index contributed by atoms with van der Waals surface area (Å²) in [5.41, 5.74) is 2.16. The molecule has 2 aliphatic rings. The monoisotopic (exact) mass is 331 g/mol. The van der Waals surface area contributed by atoms with Crippen molar-refractivity contribution in [3.8, 4) is 0 Å². The standard InChI is InChI=1S/C19H29N3O2/c1-16-3-2-8-22(13-16)15-19(23)20-18-6-4-17(5-7-18)14-21-9-11-24-12-10-21/h4-7,16H,2-3,8-15H2,1H3,(H,20,23). The SMILES string of the molecule is CC1CCCN(CC(=O)Nc2ccc(CN3CCOCC3)cc2)C1. The Kier molecular flexibility index (Phi) is 6.24. The second-order valence-electron chi connectivity index (χ2n) is 7.12. The molecule has 2 fully saturated rings. The van der Waals surface area contributed by atoms with E-state index in [1.165, 1.54) is 18.4 Å². The number of anilines is 1. The van der Waals surface area contributed by atoms with Crippen LogP contribution in [0.2, 0.25) is 0 Å². The summed E-state index contributed by atoms with van der Waals surface area (Å²) in [6, 6.07) is 8.22. The maximum Gasteiger partial charge on any atom is 0.238 e. The highest BCUT2D eigenvalue weighted by molar-refractivity contribution is 5.92. The third-order valence-electron chi connectivity index (χ3n) is 4.86. The Morgan fingerprint density at radius 2 is 1.92 bits per heavy atom. The Morgan fingerprint density at radius 1 is 1.17 bits per heavy atom. The van der Waals surface area contributed by atoms with Crippen molar-refractivity contribution in [3.05, 3.63) is 29.8 Å². The molecule has 0 aromatic heterocycles. The summed E-state index contributed by atoms with van der Waals surface area (Å²) < 4.78 is 5.38. The second-order valence-corrected chi connectivity index (χ2v) is 7.12.